The quantitative estimate of drug-likeness (QED) is 0.0263. The molecular formula is C53H68BrN3O10. The Morgan fingerprint density at radius 3 is 0.985 bits per heavy atom. The molecule has 0 N–H and O–H groups in total. The predicted molar refractivity (Wildman–Crippen MR) is 261 cm³/mol. The Kier molecular flexibility index (Phi) is 24.9. The fourth-order valence-electron chi connectivity index (χ4n) is 6.96. The third kappa shape index (κ3) is 24.3. The molecule has 0 saturated heterocycles. The topological polar surface area (TPSA) is 141 Å². The van der Waals surface area contributed by atoms with Gasteiger partial charge < -0.3 is 33.5 Å². The molecule has 0 aliphatic heterocycles. The van der Waals surface area contributed by atoms with E-state index in [4.69, 9.17) is 23.7 Å². The van der Waals surface area contributed by atoms with Gasteiger partial charge in [0.15, 0.2) is 0 Å². The first-order valence-corrected chi connectivity index (χ1v) is 24.0. The average Bonchev–Trinajstić information content (AvgIpc) is 3.33. The lowest BCUT2D eigenvalue weighted by molar-refractivity contribution is -0.151. The van der Waals surface area contributed by atoms with Crippen LogP contribution in [0, 0.1) is 0 Å². The Morgan fingerprint density at radius 2 is 0.716 bits per heavy atom. The van der Waals surface area contributed by atoms with Crippen LogP contribution in [0.2, 0.25) is 0 Å². The molecule has 0 aromatic heterocycles. The SMILES string of the molecule is CC(CN(CCCN(CCC(=O)OCc1ccccc1)CCC(=O)OCc1ccccc1)CCCN(CCC(=O)OCc1ccccc1)CCC(=O)OCc1ccccc1)OC(=O)C(C)(C)Br. The van der Waals surface area contributed by atoms with Gasteiger partial charge in [-0.3, -0.25) is 28.9 Å². The molecule has 13 nitrogen and oxygen atoms in total. The van der Waals surface area contributed by atoms with Crippen molar-refractivity contribution < 1.29 is 47.7 Å². The van der Waals surface area contributed by atoms with E-state index in [0.29, 0.717) is 71.7 Å². The summed E-state index contributed by atoms with van der Waals surface area (Å²) in [5, 5.41) is 0. The number of rotatable bonds is 32. The highest BCUT2D eigenvalue weighted by atomic mass is 79.9. The maximum absolute atomic E-state index is 12.9. The minimum Gasteiger partial charge on any atom is -0.461 e. The lowest BCUT2D eigenvalue weighted by Crippen LogP contribution is -2.40. The molecule has 0 aliphatic rings. The van der Waals surface area contributed by atoms with Crippen LogP contribution in [0.15, 0.2) is 121 Å². The van der Waals surface area contributed by atoms with E-state index in [1.807, 2.05) is 128 Å². The third-order valence-electron chi connectivity index (χ3n) is 10.7. The largest absolute Gasteiger partial charge is 0.461 e. The number of esters is 5. The van der Waals surface area contributed by atoms with Crippen molar-refractivity contribution in [3.8, 4) is 0 Å². The molecule has 0 fully saturated rings. The fourth-order valence-corrected chi connectivity index (χ4v) is 7.06. The van der Waals surface area contributed by atoms with Crippen LogP contribution in [0.4, 0.5) is 0 Å². The number of nitrogens with zero attached hydrogens (tertiary/aromatic N) is 3. The van der Waals surface area contributed by atoms with Gasteiger partial charge in [-0.1, -0.05) is 137 Å². The van der Waals surface area contributed by atoms with Crippen LogP contribution < -0.4 is 0 Å². The molecule has 4 aromatic carbocycles. The van der Waals surface area contributed by atoms with Crippen LogP contribution in [0.25, 0.3) is 0 Å². The van der Waals surface area contributed by atoms with Crippen molar-refractivity contribution in [3.05, 3.63) is 144 Å². The van der Waals surface area contributed by atoms with Crippen LogP contribution in [-0.4, -0.2) is 114 Å². The number of hydrogen-bond donors (Lipinski definition) is 0. The Labute approximate surface area is 405 Å². The molecule has 362 valence electrons. The molecule has 4 rings (SSSR count). The van der Waals surface area contributed by atoms with E-state index in [1.165, 1.54) is 0 Å². The molecule has 1 unspecified atom stereocenters. The number of hydrogen-bond acceptors (Lipinski definition) is 13. The van der Waals surface area contributed by atoms with Gasteiger partial charge >= 0.3 is 29.8 Å². The zero-order valence-electron chi connectivity index (χ0n) is 39.4. The summed E-state index contributed by atoms with van der Waals surface area (Å²) in [7, 11) is 0. The van der Waals surface area contributed by atoms with Crippen molar-refractivity contribution in [3.63, 3.8) is 0 Å². The van der Waals surface area contributed by atoms with E-state index in [2.05, 4.69) is 30.6 Å². The molecule has 0 aliphatic carbocycles. The van der Waals surface area contributed by atoms with Gasteiger partial charge in [0, 0.05) is 32.7 Å². The summed E-state index contributed by atoms with van der Waals surface area (Å²) in [6.45, 7) is 10.5. The summed E-state index contributed by atoms with van der Waals surface area (Å²) < 4.78 is 27.2. The molecule has 0 spiro atoms. The molecule has 67 heavy (non-hydrogen) atoms. The summed E-state index contributed by atoms with van der Waals surface area (Å²) in [6, 6.07) is 38.0. The number of halogens is 1. The normalized spacial score (nSPS) is 11.9. The molecule has 0 bridgehead atoms. The molecule has 0 amide bonds. The Balaban J connectivity index is 1.37. The van der Waals surface area contributed by atoms with E-state index in [9.17, 15) is 24.0 Å². The predicted octanol–water partition coefficient (Wildman–Crippen LogP) is 8.31. The minimum atomic E-state index is -0.845. The zero-order valence-corrected chi connectivity index (χ0v) is 40.9. The van der Waals surface area contributed by atoms with E-state index in [0.717, 1.165) is 22.3 Å². The first kappa shape index (κ1) is 54.2. The Hall–Kier alpha value is -5.41. The number of carbonyl (C=O) groups excluding carboxylic acids is 5. The number of alkyl halides is 1. The van der Waals surface area contributed by atoms with Crippen molar-refractivity contribution in [2.75, 3.05) is 58.9 Å². The van der Waals surface area contributed by atoms with Gasteiger partial charge in [-0.05, 0) is 82.0 Å². The maximum Gasteiger partial charge on any atom is 0.322 e. The molecule has 0 heterocycles. The van der Waals surface area contributed by atoms with Crippen molar-refractivity contribution in [2.24, 2.45) is 0 Å². The Morgan fingerprint density at radius 1 is 0.448 bits per heavy atom. The standard InChI is InChI=1S/C53H68BrN3O10/c1-43(67-52(62)53(2,3)54)38-57(32-16-30-55(34-26-48(58)63-39-44-18-8-4-9-19-44)35-27-49(59)64-40-45-20-10-5-11-21-45)33-17-31-56(36-28-50(60)65-41-46-22-12-6-13-23-46)37-29-51(61)66-42-47-24-14-7-15-25-47/h4-15,18-25,43H,16-17,26-42H2,1-3H3. The van der Waals surface area contributed by atoms with Gasteiger partial charge in [0.05, 0.1) is 25.7 Å². The lowest BCUT2D eigenvalue weighted by atomic mass is 10.2. The summed E-state index contributed by atoms with van der Waals surface area (Å²) in [4.78, 5) is 70.6. The van der Waals surface area contributed by atoms with Gasteiger partial charge in [0.2, 0.25) is 0 Å². The monoisotopic (exact) mass is 985 g/mol. The van der Waals surface area contributed by atoms with Crippen molar-refractivity contribution in [1.82, 2.24) is 14.7 Å². The first-order valence-electron chi connectivity index (χ1n) is 23.2. The number of ether oxygens (including phenoxy) is 5. The second kappa shape index (κ2) is 30.8. The average molecular weight is 987 g/mol. The van der Waals surface area contributed by atoms with Gasteiger partial charge in [-0.15, -0.1) is 0 Å². The van der Waals surface area contributed by atoms with E-state index < -0.39 is 10.4 Å². The van der Waals surface area contributed by atoms with Crippen LogP contribution in [-0.2, 0) is 74.1 Å². The van der Waals surface area contributed by atoms with Gasteiger partial charge in [0.25, 0.3) is 0 Å². The first-order chi connectivity index (χ1) is 32.3. The summed E-state index contributed by atoms with van der Waals surface area (Å²) in [5.41, 5.74) is 3.61. The second-order valence-electron chi connectivity index (χ2n) is 17.0. The Bertz CT molecular complexity index is 1790. The zero-order chi connectivity index (χ0) is 48.1. The van der Waals surface area contributed by atoms with Gasteiger partial charge in [-0.25, -0.2) is 0 Å². The van der Waals surface area contributed by atoms with Crippen LogP contribution in [0.3, 0.4) is 0 Å². The van der Waals surface area contributed by atoms with Crippen LogP contribution in [0.5, 0.6) is 0 Å². The second-order valence-corrected chi connectivity index (χ2v) is 18.9. The van der Waals surface area contributed by atoms with Crippen LogP contribution in [0.1, 0.15) is 81.5 Å². The van der Waals surface area contributed by atoms with Gasteiger partial charge in [0.1, 0.15) is 36.9 Å². The summed E-state index contributed by atoms with van der Waals surface area (Å²) in [5.74, 6) is -1.68. The van der Waals surface area contributed by atoms with Crippen molar-refractivity contribution in [2.45, 2.75) is 96.2 Å². The van der Waals surface area contributed by atoms with E-state index in [-0.39, 0.29) is 82.0 Å². The third-order valence-corrected chi connectivity index (χ3v) is 11.0. The maximum atomic E-state index is 12.9. The van der Waals surface area contributed by atoms with Crippen molar-refractivity contribution >= 4 is 45.8 Å². The van der Waals surface area contributed by atoms with E-state index in [1.54, 1.807) is 13.8 Å². The molecule has 1 atom stereocenters. The smallest absolute Gasteiger partial charge is 0.322 e. The minimum absolute atomic E-state index is 0.153. The highest BCUT2D eigenvalue weighted by Crippen LogP contribution is 2.19. The van der Waals surface area contributed by atoms with Crippen molar-refractivity contribution in [1.29, 1.82) is 0 Å². The molecule has 0 saturated carbocycles. The molecule has 0 radical (unpaired) electrons. The number of carbonyl (C=O) groups is 5. The highest BCUT2D eigenvalue weighted by Gasteiger charge is 2.28. The molecular weight excluding hydrogens is 918 g/mol. The van der Waals surface area contributed by atoms with Crippen LogP contribution >= 0.6 is 15.9 Å². The number of benzene rings is 4. The van der Waals surface area contributed by atoms with E-state index >= 15 is 0 Å². The highest BCUT2D eigenvalue weighted by molar-refractivity contribution is 9.10. The summed E-state index contributed by atoms with van der Waals surface area (Å²) >= 11 is 3.41. The van der Waals surface area contributed by atoms with Gasteiger partial charge in [-0.2, -0.15) is 0 Å². The molecule has 4 aromatic rings. The molecule has 14 heteroatoms. The fraction of sp³-hybridized carbons (Fsp3) is 0.453. The summed E-state index contributed by atoms with van der Waals surface area (Å²) in [6.07, 6.45) is 1.57. The lowest BCUT2D eigenvalue weighted by Gasteiger charge is -2.29.